The molecule has 1 fully saturated rings. The van der Waals surface area contributed by atoms with Gasteiger partial charge in [-0.15, -0.1) is 0 Å². The number of nitrogens with zero attached hydrogens (tertiary/aromatic N) is 3. The molecule has 4 rings (SSSR count). The minimum atomic E-state index is -4.42. The van der Waals surface area contributed by atoms with Gasteiger partial charge in [0.05, 0.1) is 12.7 Å². The fourth-order valence-electron chi connectivity index (χ4n) is 3.42. The lowest BCUT2D eigenvalue weighted by molar-refractivity contribution is -0.137. The Balaban J connectivity index is 1.46. The molecule has 2 aromatic carbocycles. The lowest BCUT2D eigenvalue weighted by Gasteiger charge is -2.17. The van der Waals surface area contributed by atoms with Crippen LogP contribution >= 0.6 is 0 Å². The molecule has 1 aliphatic heterocycles. The summed E-state index contributed by atoms with van der Waals surface area (Å²) in [6.07, 6.45) is -4.24. The second-order valence-electron chi connectivity index (χ2n) is 7.06. The van der Waals surface area contributed by atoms with Gasteiger partial charge in [0.15, 0.2) is 5.82 Å². The standard InChI is InChI=1S/C21H18F3N3O3/c1-29-17-7-5-14(6-8-17)20-25-19(26-30-20)15-10-18(28)27(12-15)11-13-3-2-4-16(9-13)21(22,23)24/h2-9,15H,10-12H2,1H3. The Kier molecular flexibility index (Phi) is 5.19. The number of methoxy groups -OCH3 is 1. The van der Waals surface area contributed by atoms with E-state index in [-0.39, 0.29) is 24.8 Å². The van der Waals surface area contributed by atoms with Gasteiger partial charge in [-0.1, -0.05) is 17.3 Å². The minimum Gasteiger partial charge on any atom is -0.497 e. The summed E-state index contributed by atoms with van der Waals surface area (Å²) in [4.78, 5) is 18.3. The summed E-state index contributed by atoms with van der Waals surface area (Å²) in [6, 6.07) is 12.1. The van der Waals surface area contributed by atoms with Gasteiger partial charge < -0.3 is 14.2 Å². The maximum Gasteiger partial charge on any atom is 0.416 e. The predicted molar refractivity (Wildman–Crippen MR) is 101 cm³/mol. The van der Waals surface area contributed by atoms with Crippen molar-refractivity contribution in [1.82, 2.24) is 15.0 Å². The van der Waals surface area contributed by atoms with E-state index in [9.17, 15) is 18.0 Å². The van der Waals surface area contributed by atoms with Crippen LogP contribution in [0.1, 0.15) is 29.3 Å². The topological polar surface area (TPSA) is 68.5 Å². The lowest BCUT2D eigenvalue weighted by Crippen LogP contribution is -2.24. The number of amides is 1. The molecule has 0 spiro atoms. The zero-order valence-electron chi connectivity index (χ0n) is 16.0. The van der Waals surface area contributed by atoms with Gasteiger partial charge in [0.25, 0.3) is 5.89 Å². The first kappa shape index (κ1) is 19.9. The largest absolute Gasteiger partial charge is 0.497 e. The van der Waals surface area contributed by atoms with Gasteiger partial charge in [0.1, 0.15) is 5.75 Å². The summed E-state index contributed by atoms with van der Waals surface area (Å²) in [5, 5.41) is 3.99. The number of rotatable bonds is 5. The third-order valence-corrected chi connectivity index (χ3v) is 4.99. The number of ether oxygens (including phenoxy) is 1. The first-order valence-electron chi connectivity index (χ1n) is 9.25. The quantitative estimate of drug-likeness (QED) is 0.620. The van der Waals surface area contributed by atoms with E-state index in [1.165, 1.54) is 11.0 Å². The van der Waals surface area contributed by atoms with Crippen LogP contribution in [0.5, 0.6) is 5.75 Å². The van der Waals surface area contributed by atoms with Gasteiger partial charge in [-0.3, -0.25) is 4.79 Å². The monoisotopic (exact) mass is 417 g/mol. The first-order chi connectivity index (χ1) is 14.3. The summed E-state index contributed by atoms with van der Waals surface area (Å²) >= 11 is 0. The van der Waals surface area contributed by atoms with Crippen molar-refractivity contribution in [3.63, 3.8) is 0 Å². The fraction of sp³-hybridized carbons (Fsp3) is 0.286. The molecule has 1 saturated heterocycles. The Hall–Kier alpha value is -3.36. The fourth-order valence-corrected chi connectivity index (χ4v) is 3.42. The van der Waals surface area contributed by atoms with E-state index < -0.39 is 11.7 Å². The highest BCUT2D eigenvalue weighted by atomic mass is 19.4. The Morgan fingerprint density at radius 3 is 2.67 bits per heavy atom. The molecular formula is C21H18F3N3O3. The van der Waals surface area contributed by atoms with Gasteiger partial charge in [-0.25, -0.2) is 0 Å². The molecular weight excluding hydrogens is 399 g/mol. The van der Waals surface area contributed by atoms with E-state index in [1.807, 2.05) is 0 Å². The van der Waals surface area contributed by atoms with Crippen molar-refractivity contribution in [3.8, 4) is 17.2 Å². The van der Waals surface area contributed by atoms with Crippen LogP contribution < -0.4 is 4.74 Å². The summed E-state index contributed by atoms with van der Waals surface area (Å²) < 4.78 is 49.2. The normalized spacial score (nSPS) is 16.9. The van der Waals surface area contributed by atoms with Crippen molar-refractivity contribution in [1.29, 1.82) is 0 Å². The molecule has 3 aromatic rings. The van der Waals surface area contributed by atoms with E-state index in [0.29, 0.717) is 29.6 Å². The second kappa shape index (κ2) is 7.81. The van der Waals surface area contributed by atoms with Gasteiger partial charge in [-0.05, 0) is 42.0 Å². The number of carbonyl (C=O) groups excluding carboxylic acids is 1. The van der Waals surface area contributed by atoms with Crippen LogP contribution in [0.2, 0.25) is 0 Å². The summed E-state index contributed by atoms with van der Waals surface area (Å²) in [5.41, 5.74) is 0.413. The van der Waals surface area contributed by atoms with Gasteiger partial charge in [-0.2, -0.15) is 18.2 Å². The highest BCUT2D eigenvalue weighted by Crippen LogP contribution is 2.32. The molecule has 0 aliphatic carbocycles. The van der Waals surface area contributed by atoms with Crippen molar-refractivity contribution < 1.29 is 27.2 Å². The van der Waals surface area contributed by atoms with Gasteiger partial charge in [0.2, 0.25) is 5.91 Å². The average Bonchev–Trinajstić information content (AvgIpc) is 3.35. The molecule has 2 heterocycles. The number of benzene rings is 2. The summed E-state index contributed by atoms with van der Waals surface area (Å²) in [7, 11) is 1.57. The maximum atomic E-state index is 12.9. The first-order valence-corrected chi connectivity index (χ1v) is 9.25. The number of aromatic nitrogens is 2. The smallest absolute Gasteiger partial charge is 0.416 e. The number of likely N-dealkylation sites (tertiary alicyclic amines) is 1. The zero-order chi connectivity index (χ0) is 21.3. The van der Waals surface area contributed by atoms with Crippen molar-refractivity contribution >= 4 is 5.91 Å². The third-order valence-electron chi connectivity index (χ3n) is 4.99. The number of hydrogen-bond donors (Lipinski definition) is 0. The predicted octanol–water partition coefficient (Wildman–Crippen LogP) is 4.28. The molecule has 0 bridgehead atoms. The van der Waals surface area contributed by atoms with Crippen molar-refractivity contribution in [2.24, 2.45) is 0 Å². The highest BCUT2D eigenvalue weighted by molar-refractivity contribution is 5.79. The Labute approximate surface area is 170 Å². The molecule has 0 radical (unpaired) electrons. The van der Waals surface area contributed by atoms with Crippen LogP contribution in [-0.4, -0.2) is 34.6 Å². The number of carbonyl (C=O) groups is 1. The van der Waals surface area contributed by atoms with Crippen molar-refractivity contribution in [2.75, 3.05) is 13.7 Å². The zero-order valence-corrected chi connectivity index (χ0v) is 16.0. The molecule has 1 aliphatic rings. The average molecular weight is 417 g/mol. The number of hydrogen-bond acceptors (Lipinski definition) is 5. The Bertz CT molecular complexity index is 1050. The molecule has 1 aromatic heterocycles. The van der Waals surface area contributed by atoms with Crippen LogP contribution in [0.25, 0.3) is 11.5 Å². The molecule has 1 atom stereocenters. The second-order valence-corrected chi connectivity index (χ2v) is 7.06. The van der Waals surface area contributed by atoms with Crippen LogP contribution in [0.3, 0.4) is 0 Å². The van der Waals surface area contributed by atoms with Crippen LogP contribution in [-0.2, 0) is 17.5 Å². The maximum absolute atomic E-state index is 12.9. The molecule has 156 valence electrons. The SMILES string of the molecule is COc1ccc(-c2nc(C3CC(=O)N(Cc4cccc(C(F)(F)F)c4)C3)no2)cc1. The van der Waals surface area contributed by atoms with Crippen LogP contribution in [0, 0.1) is 0 Å². The third kappa shape index (κ3) is 4.14. The lowest BCUT2D eigenvalue weighted by atomic mass is 10.1. The summed E-state index contributed by atoms with van der Waals surface area (Å²) in [5.74, 6) is 0.995. The van der Waals surface area contributed by atoms with Gasteiger partial charge in [0, 0.05) is 31.0 Å². The molecule has 1 amide bonds. The van der Waals surface area contributed by atoms with E-state index in [1.54, 1.807) is 37.4 Å². The van der Waals surface area contributed by atoms with E-state index in [0.717, 1.165) is 17.7 Å². The van der Waals surface area contributed by atoms with Gasteiger partial charge >= 0.3 is 6.18 Å². The van der Waals surface area contributed by atoms with Crippen LogP contribution in [0.15, 0.2) is 53.1 Å². The Morgan fingerprint density at radius 2 is 1.97 bits per heavy atom. The number of alkyl halides is 3. The van der Waals surface area contributed by atoms with Crippen molar-refractivity contribution in [2.45, 2.75) is 25.1 Å². The van der Waals surface area contributed by atoms with Crippen LogP contribution in [0.4, 0.5) is 13.2 Å². The van der Waals surface area contributed by atoms with Crippen molar-refractivity contribution in [3.05, 3.63) is 65.5 Å². The van der Waals surface area contributed by atoms with E-state index in [2.05, 4.69) is 10.1 Å². The Morgan fingerprint density at radius 1 is 1.20 bits per heavy atom. The molecule has 9 heteroatoms. The highest BCUT2D eigenvalue weighted by Gasteiger charge is 2.35. The molecule has 0 N–H and O–H groups in total. The molecule has 30 heavy (non-hydrogen) atoms. The molecule has 1 unspecified atom stereocenters. The minimum absolute atomic E-state index is 0.0996. The van der Waals surface area contributed by atoms with E-state index in [4.69, 9.17) is 9.26 Å². The molecule has 0 saturated carbocycles. The molecule has 6 nitrogen and oxygen atoms in total. The summed E-state index contributed by atoms with van der Waals surface area (Å²) in [6.45, 7) is 0.416. The number of halogens is 3. The van der Waals surface area contributed by atoms with E-state index >= 15 is 0 Å².